The van der Waals surface area contributed by atoms with Crippen LogP contribution in [0.2, 0.25) is 0 Å². The lowest BCUT2D eigenvalue weighted by atomic mass is 9.48. The van der Waals surface area contributed by atoms with Crippen LogP contribution in [0.15, 0.2) is 0 Å². The van der Waals surface area contributed by atoms with Crippen LogP contribution in [0.5, 0.6) is 0 Å². The Bertz CT molecular complexity index is 304. The Balaban J connectivity index is 1.45. The van der Waals surface area contributed by atoms with Crippen molar-refractivity contribution in [3.8, 4) is 0 Å². The third kappa shape index (κ3) is 2.14. The first-order chi connectivity index (χ1) is 9.27. The molecule has 0 aromatic rings. The van der Waals surface area contributed by atoms with Crippen molar-refractivity contribution in [2.75, 3.05) is 26.9 Å². The average Bonchev–Trinajstić information content (AvgIpc) is 2.30. The van der Waals surface area contributed by atoms with Gasteiger partial charge in [-0.05, 0) is 68.7 Å². The summed E-state index contributed by atoms with van der Waals surface area (Å²) in [4.78, 5) is 0. The van der Waals surface area contributed by atoms with Crippen molar-refractivity contribution in [3.05, 3.63) is 0 Å². The first-order valence-corrected chi connectivity index (χ1v) is 8.14. The number of rotatable bonds is 5. The fourth-order valence-electron chi connectivity index (χ4n) is 5.71. The van der Waals surface area contributed by atoms with Crippen LogP contribution in [0.4, 0.5) is 0 Å². The lowest BCUT2D eigenvalue weighted by Gasteiger charge is -2.59. The molecule has 0 radical (unpaired) electrons. The number of likely N-dealkylation sites (N-methyl/N-ethyl adjacent to an activating group) is 1. The molecule has 0 amide bonds. The summed E-state index contributed by atoms with van der Waals surface area (Å²) in [5.41, 5.74) is 0.550. The van der Waals surface area contributed by atoms with Crippen LogP contribution in [0.3, 0.4) is 0 Å². The van der Waals surface area contributed by atoms with Gasteiger partial charge in [-0.2, -0.15) is 0 Å². The van der Waals surface area contributed by atoms with E-state index in [4.69, 9.17) is 9.47 Å². The molecule has 1 saturated heterocycles. The van der Waals surface area contributed by atoms with Gasteiger partial charge in [0.2, 0.25) is 0 Å². The van der Waals surface area contributed by atoms with Crippen molar-refractivity contribution >= 4 is 0 Å². The average molecular weight is 265 g/mol. The second-order valence-electron chi connectivity index (χ2n) is 7.61. The Labute approximate surface area is 116 Å². The molecule has 4 saturated carbocycles. The molecule has 0 aromatic carbocycles. The summed E-state index contributed by atoms with van der Waals surface area (Å²) in [6.45, 7) is 2.49. The van der Waals surface area contributed by atoms with Gasteiger partial charge in [0.1, 0.15) is 6.10 Å². The van der Waals surface area contributed by atoms with Crippen molar-refractivity contribution in [3.63, 3.8) is 0 Å². The van der Waals surface area contributed by atoms with Crippen LogP contribution in [0, 0.1) is 23.2 Å². The zero-order valence-corrected chi connectivity index (χ0v) is 12.1. The first kappa shape index (κ1) is 12.6. The highest BCUT2D eigenvalue weighted by molar-refractivity contribution is 5.06. The summed E-state index contributed by atoms with van der Waals surface area (Å²) in [7, 11) is 2.13. The molecule has 1 aliphatic heterocycles. The third-order valence-corrected chi connectivity index (χ3v) is 6.28. The van der Waals surface area contributed by atoms with Crippen LogP contribution in [-0.4, -0.2) is 39.0 Å². The van der Waals surface area contributed by atoms with Crippen molar-refractivity contribution < 1.29 is 9.47 Å². The molecule has 1 unspecified atom stereocenters. The Kier molecular flexibility index (Phi) is 3.13. The van der Waals surface area contributed by atoms with Crippen molar-refractivity contribution in [2.45, 2.75) is 50.7 Å². The smallest absolute Gasteiger partial charge is 0.104 e. The first-order valence-electron chi connectivity index (χ1n) is 8.14. The van der Waals surface area contributed by atoms with Crippen molar-refractivity contribution in [2.24, 2.45) is 23.2 Å². The Hall–Kier alpha value is -0.120. The molecule has 1 atom stereocenters. The maximum Gasteiger partial charge on any atom is 0.104 e. The molecular weight excluding hydrogens is 238 g/mol. The standard InChI is InChI=1S/C16H27NO2/c1-17-15(10-19-14-8-18-9-14)16-5-11-2-12(6-16)4-13(3-11)7-16/h11-15,17H,2-10H2,1H3. The highest BCUT2D eigenvalue weighted by atomic mass is 16.6. The van der Waals surface area contributed by atoms with Crippen LogP contribution in [-0.2, 0) is 9.47 Å². The van der Waals surface area contributed by atoms with Gasteiger partial charge in [-0.15, -0.1) is 0 Å². The van der Waals surface area contributed by atoms with Crippen LogP contribution < -0.4 is 5.32 Å². The predicted molar refractivity (Wildman–Crippen MR) is 74.0 cm³/mol. The molecule has 5 aliphatic rings. The second kappa shape index (κ2) is 4.71. The molecule has 0 aromatic heterocycles. The number of nitrogens with one attached hydrogen (secondary N) is 1. The maximum atomic E-state index is 6.03. The normalized spacial score (nSPS) is 46.3. The SMILES string of the molecule is CNC(COC1COC1)C12CC3CC(CC(C3)C1)C2. The number of ether oxygens (including phenoxy) is 2. The minimum absolute atomic E-state index is 0.366. The minimum Gasteiger partial charge on any atom is -0.376 e. The van der Waals surface area contributed by atoms with Gasteiger partial charge in [0.25, 0.3) is 0 Å². The van der Waals surface area contributed by atoms with Crippen LogP contribution in [0.25, 0.3) is 0 Å². The molecule has 4 bridgehead atoms. The monoisotopic (exact) mass is 265 g/mol. The van der Waals surface area contributed by atoms with Gasteiger partial charge in [0.15, 0.2) is 0 Å². The molecule has 5 rings (SSSR count). The molecule has 0 spiro atoms. The summed E-state index contributed by atoms with van der Waals surface area (Å²) in [5, 5.41) is 3.60. The molecule has 3 heteroatoms. The molecule has 3 nitrogen and oxygen atoms in total. The molecule has 108 valence electrons. The van der Waals surface area contributed by atoms with Gasteiger partial charge in [0.05, 0.1) is 19.8 Å². The molecule has 1 N–H and O–H groups in total. The van der Waals surface area contributed by atoms with E-state index in [-0.39, 0.29) is 0 Å². The highest BCUT2D eigenvalue weighted by Gasteiger charge is 2.53. The van der Waals surface area contributed by atoms with Gasteiger partial charge in [-0.25, -0.2) is 0 Å². The van der Waals surface area contributed by atoms with E-state index in [1.54, 1.807) is 0 Å². The number of hydrogen-bond donors (Lipinski definition) is 1. The van der Waals surface area contributed by atoms with E-state index in [1.165, 1.54) is 38.5 Å². The minimum atomic E-state index is 0.366. The van der Waals surface area contributed by atoms with Gasteiger partial charge in [-0.1, -0.05) is 0 Å². The van der Waals surface area contributed by atoms with Crippen molar-refractivity contribution in [1.82, 2.24) is 5.32 Å². The van der Waals surface area contributed by atoms with Gasteiger partial charge in [-0.3, -0.25) is 0 Å². The van der Waals surface area contributed by atoms with Gasteiger partial charge >= 0.3 is 0 Å². The van der Waals surface area contributed by atoms with E-state index in [0.29, 0.717) is 17.6 Å². The Morgan fingerprint density at radius 3 is 2.11 bits per heavy atom. The third-order valence-electron chi connectivity index (χ3n) is 6.28. The lowest BCUT2D eigenvalue weighted by molar-refractivity contribution is -0.150. The largest absolute Gasteiger partial charge is 0.376 e. The summed E-state index contributed by atoms with van der Waals surface area (Å²) in [6.07, 6.45) is 9.29. The predicted octanol–water partition coefficient (Wildman–Crippen LogP) is 2.21. The maximum absolute atomic E-state index is 6.03. The fraction of sp³-hybridized carbons (Fsp3) is 1.00. The van der Waals surface area contributed by atoms with Gasteiger partial charge < -0.3 is 14.8 Å². The van der Waals surface area contributed by atoms with Crippen LogP contribution >= 0.6 is 0 Å². The summed E-state index contributed by atoms with van der Waals surface area (Å²) >= 11 is 0. The molecule has 19 heavy (non-hydrogen) atoms. The van der Waals surface area contributed by atoms with E-state index < -0.39 is 0 Å². The van der Waals surface area contributed by atoms with Gasteiger partial charge in [0, 0.05) is 6.04 Å². The molecule has 5 fully saturated rings. The highest BCUT2D eigenvalue weighted by Crippen LogP contribution is 2.61. The zero-order valence-electron chi connectivity index (χ0n) is 12.1. The topological polar surface area (TPSA) is 30.5 Å². The van der Waals surface area contributed by atoms with Crippen molar-refractivity contribution in [1.29, 1.82) is 0 Å². The Morgan fingerprint density at radius 1 is 1.11 bits per heavy atom. The summed E-state index contributed by atoms with van der Waals surface area (Å²) in [5.74, 6) is 3.07. The van der Waals surface area contributed by atoms with E-state index >= 15 is 0 Å². The summed E-state index contributed by atoms with van der Waals surface area (Å²) in [6, 6.07) is 0.557. The van der Waals surface area contributed by atoms with E-state index in [2.05, 4.69) is 12.4 Å². The quantitative estimate of drug-likeness (QED) is 0.826. The van der Waals surface area contributed by atoms with E-state index in [1.807, 2.05) is 0 Å². The van der Waals surface area contributed by atoms with E-state index in [0.717, 1.165) is 37.6 Å². The van der Waals surface area contributed by atoms with E-state index in [9.17, 15) is 0 Å². The lowest BCUT2D eigenvalue weighted by Crippen LogP contribution is -2.57. The number of hydrogen-bond acceptors (Lipinski definition) is 3. The van der Waals surface area contributed by atoms with Crippen LogP contribution in [0.1, 0.15) is 38.5 Å². The Morgan fingerprint density at radius 2 is 1.68 bits per heavy atom. The molecule has 1 heterocycles. The zero-order chi connectivity index (χ0) is 12.9. The summed E-state index contributed by atoms with van der Waals surface area (Å²) < 4.78 is 11.2. The second-order valence-corrected chi connectivity index (χ2v) is 7.61. The molecular formula is C16H27NO2. The molecule has 4 aliphatic carbocycles. The fourth-order valence-corrected chi connectivity index (χ4v) is 5.71.